The summed E-state index contributed by atoms with van der Waals surface area (Å²) < 4.78 is 10.6. The molecule has 92 valence electrons. The van der Waals surface area contributed by atoms with Gasteiger partial charge in [0, 0.05) is 25.3 Å². The molecule has 0 aliphatic heterocycles. The summed E-state index contributed by atoms with van der Waals surface area (Å²) in [6.45, 7) is 4.54. The molecular formula is C12H22N2O2. The zero-order chi connectivity index (χ0) is 12.0. The summed E-state index contributed by atoms with van der Waals surface area (Å²) in [4.78, 5) is 2.21. The van der Waals surface area contributed by atoms with Crippen LogP contribution in [0.4, 0.5) is 0 Å². The van der Waals surface area contributed by atoms with E-state index in [4.69, 9.17) is 9.15 Å². The number of ether oxygens (including phenoxy) is 1. The van der Waals surface area contributed by atoms with Crippen molar-refractivity contribution >= 4 is 0 Å². The standard InChI is InChI=1S/C12H22N2O2/c1-10(8-15-4)14(3)7-12-5-11(6-13-2)9-16-12/h5,9-10,13H,6-8H2,1-4H3. The van der Waals surface area contributed by atoms with Crippen LogP contribution in [0.25, 0.3) is 0 Å². The molecule has 0 amide bonds. The Balaban J connectivity index is 2.45. The Morgan fingerprint density at radius 3 is 2.94 bits per heavy atom. The smallest absolute Gasteiger partial charge is 0.118 e. The molecule has 0 saturated heterocycles. The van der Waals surface area contributed by atoms with E-state index < -0.39 is 0 Å². The third-order valence-electron chi connectivity index (χ3n) is 2.65. The Labute approximate surface area is 97.6 Å². The van der Waals surface area contributed by atoms with Gasteiger partial charge in [-0.05, 0) is 27.1 Å². The quantitative estimate of drug-likeness (QED) is 0.764. The lowest BCUT2D eigenvalue weighted by Crippen LogP contribution is -2.31. The summed E-state index contributed by atoms with van der Waals surface area (Å²) in [6.07, 6.45) is 1.81. The monoisotopic (exact) mass is 226 g/mol. The van der Waals surface area contributed by atoms with E-state index in [0.29, 0.717) is 6.04 Å². The minimum atomic E-state index is 0.392. The maximum atomic E-state index is 5.49. The number of rotatable bonds is 7. The van der Waals surface area contributed by atoms with E-state index in [1.54, 1.807) is 13.4 Å². The number of hydrogen-bond acceptors (Lipinski definition) is 4. The molecule has 1 heterocycles. The maximum absolute atomic E-state index is 5.49. The van der Waals surface area contributed by atoms with Crippen LogP contribution in [0.1, 0.15) is 18.2 Å². The minimum absolute atomic E-state index is 0.392. The highest BCUT2D eigenvalue weighted by atomic mass is 16.5. The number of methoxy groups -OCH3 is 1. The molecule has 0 saturated carbocycles. The van der Waals surface area contributed by atoms with Crippen molar-refractivity contribution in [3.8, 4) is 0 Å². The number of hydrogen-bond donors (Lipinski definition) is 1. The number of nitrogens with zero attached hydrogens (tertiary/aromatic N) is 1. The largest absolute Gasteiger partial charge is 0.468 e. The topological polar surface area (TPSA) is 37.6 Å². The SMILES string of the molecule is CNCc1coc(CN(C)C(C)COC)c1. The Morgan fingerprint density at radius 1 is 1.56 bits per heavy atom. The lowest BCUT2D eigenvalue weighted by atomic mass is 10.2. The van der Waals surface area contributed by atoms with Gasteiger partial charge in [0.05, 0.1) is 19.4 Å². The van der Waals surface area contributed by atoms with Crippen LogP contribution in [0.5, 0.6) is 0 Å². The van der Waals surface area contributed by atoms with Gasteiger partial charge in [0.25, 0.3) is 0 Å². The van der Waals surface area contributed by atoms with Crippen molar-refractivity contribution < 1.29 is 9.15 Å². The van der Waals surface area contributed by atoms with E-state index in [-0.39, 0.29) is 0 Å². The highest BCUT2D eigenvalue weighted by Crippen LogP contribution is 2.11. The molecule has 0 spiro atoms. The molecule has 1 aromatic heterocycles. The van der Waals surface area contributed by atoms with Crippen LogP contribution in [-0.4, -0.2) is 38.8 Å². The molecule has 0 aliphatic rings. The Kier molecular flexibility index (Phi) is 5.52. The van der Waals surface area contributed by atoms with Crippen molar-refractivity contribution in [2.24, 2.45) is 0 Å². The molecule has 1 rings (SSSR count). The molecule has 4 heteroatoms. The molecular weight excluding hydrogens is 204 g/mol. The predicted molar refractivity (Wildman–Crippen MR) is 64.3 cm³/mol. The molecule has 1 aromatic rings. The van der Waals surface area contributed by atoms with Crippen LogP contribution in [0.2, 0.25) is 0 Å². The maximum Gasteiger partial charge on any atom is 0.118 e. The lowest BCUT2D eigenvalue weighted by Gasteiger charge is -2.22. The normalized spacial score (nSPS) is 13.3. The van der Waals surface area contributed by atoms with E-state index in [1.165, 1.54) is 5.56 Å². The summed E-state index contributed by atoms with van der Waals surface area (Å²) in [7, 11) is 5.73. The van der Waals surface area contributed by atoms with Gasteiger partial charge in [-0.1, -0.05) is 0 Å². The van der Waals surface area contributed by atoms with Gasteiger partial charge in [-0.2, -0.15) is 0 Å². The van der Waals surface area contributed by atoms with Gasteiger partial charge in [0.1, 0.15) is 5.76 Å². The minimum Gasteiger partial charge on any atom is -0.468 e. The number of furan rings is 1. The first kappa shape index (κ1) is 13.2. The van der Waals surface area contributed by atoms with Crippen LogP contribution < -0.4 is 5.32 Å². The van der Waals surface area contributed by atoms with Crippen LogP contribution in [0, 0.1) is 0 Å². The van der Waals surface area contributed by atoms with Gasteiger partial charge in [-0.25, -0.2) is 0 Å². The molecule has 16 heavy (non-hydrogen) atoms. The molecule has 1 atom stereocenters. The van der Waals surface area contributed by atoms with Crippen molar-refractivity contribution in [3.05, 3.63) is 23.7 Å². The molecule has 4 nitrogen and oxygen atoms in total. The van der Waals surface area contributed by atoms with Gasteiger partial charge < -0.3 is 14.5 Å². The summed E-state index contributed by atoms with van der Waals surface area (Å²) in [6, 6.07) is 2.48. The van der Waals surface area contributed by atoms with E-state index in [1.807, 2.05) is 7.05 Å². The number of nitrogens with one attached hydrogen (secondary N) is 1. The van der Waals surface area contributed by atoms with Crippen LogP contribution in [0.15, 0.2) is 16.7 Å². The zero-order valence-corrected chi connectivity index (χ0v) is 10.6. The highest BCUT2D eigenvalue weighted by molar-refractivity contribution is 5.12. The second-order valence-electron chi connectivity index (χ2n) is 4.17. The van der Waals surface area contributed by atoms with Gasteiger partial charge in [-0.15, -0.1) is 0 Å². The molecule has 0 aromatic carbocycles. The van der Waals surface area contributed by atoms with E-state index in [2.05, 4.69) is 30.3 Å². The first-order chi connectivity index (χ1) is 7.67. The number of likely N-dealkylation sites (N-methyl/N-ethyl adjacent to an activating group) is 1. The molecule has 0 fully saturated rings. The van der Waals surface area contributed by atoms with Crippen molar-refractivity contribution in [3.63, 3.8) is 0 Å². The third kappa shape index (κ3) is 3.96. The van der Waals surface area contributed by atoms with Crippen molar-refractivity contribution in [2.45, 2.75) is 26.1 Å². The van der Waals surface area contributed by atoms with Crippen LogP contribution >= 0.6 is 0 Å². The first-order valence-corrected chi connectivity index (χ1v) is 5.57. The Hall–Kier alpha value is -0.840. The molecule has 0 radical (unpaired) electrons. The second kappa shape index (κ2) is 6.68. The predicted octanol–water partition coefficient (Wildman–Crippen LogP) is 1.47. The average Bonchev–Trinajstić information content (AvgIpc) is 2.66. The zero-order valence-electron chi connectivity index (χ0n) is 10.6. The fourth-order valence-corrected chi connectivity index (χ4v) is 1.58. The van der Waals surface area contributed by atoms with Crippen LogP contribution in [-0.2, 0) is 17.8 Å². The summed E-state index contributed by atoms with van der Waals surface area (Å²) >= 11 is 0. The fourth-order valence-electron chi connectivity index (χ4n) is 1.58. The summed E-state index contributed by atoms with van der Waals surface area (Å²) in [5, 5.41) is 3.10. The van der Waals surface area contributed by atoms with Crippen molar-refractivity contribution in [1.29, 1.82) is 0 Å². The molecule has 0 aliphatic carbocycles. The van der Waals surface area contributed by atoms with Crippen molar-refractivity contribution in [2.75, 3.05) is 27.8 Å². The second-order valence-corrected chi connectivity index (χ2v) is 4.17. The van der Waals surface area contributed by atoms with Crippen molar-refractivity contribution in [1.82, 2.24) is 10.2 Å². The van der Waals surface area contributed by atoms with Gasteiger partial charge in [0.15, 0.2) is 0 Å². The van der Waals surface area contributed by atoms with E-state index >= 15 is 0 Å². The molecule has 1 N–H and O–H groups in total. The third-order valence-corrected chi connectivity index (χ3v) is 2.65. The van der Waals surface area contributed by atoms with E-state index in [0.717, 1.165) is 25.5 Å². The highest BCUT2D eigenvalue weighted by Gasteiger charge is 2.11. The average molecular weight is 226 g/mol. The Morgan fingerprint density at radius 2 is 2.31 bits per heavy atom. The first-order valence-electron chi connectivity index (χ1n) is 5.57. The molecule has 0 bridgehead atoms. The van der Waals surface area contributed by atoms with Gasteiger partial charge >= 0.3 is 0 Å². The Bertz CT molecular complexity index is 299. The molecule has 1 unspecified atom stereocenters. The van der Waals surface area contributed by atoms with E-state index in [9.17, 15) is 0 Å². The summed E-state index contributed by atoms with van der Waals surface area (Å²) in [5.41, 5.74) is 1.19. The van der Waals surface area contributed by atoms with Gasteiger partial charge in [0.2, 0.25) is 0 Å². The van der Waals surface area contributed by atoms with Gasteiger partial charge in [-0.3, -0.25) is 4.90 Å². The lowest BCUT2D eigenvalue weighted by molar-refractivity contribution is 0.108. The fraction of sp³-hybridized carbons (Fsp3) is 0.667. The van der Waals surface area contributed by atoms with Crippen LogP contribution in [0.3, 0.4) is 0 Å². The summed E-state index contributed by atoms with van der Waals surface area (Å²) in [5.74, 6) is 0.996.